The second-order valence-electron chi connectivity index (χ2n) is 9.03. The summed E-state index contributed by atoms with van der Waals surface area (Å²) >= 11 is 85.9. The summed E-state index contributed by atoms with van der Waals surface area (Å²) in [5.74, 6) is -2.58. The summed E-state index contributed by atoms with van der Waals surface area (Å²) in [6.45, 7) is 0. The molecule has 178 valence electrons. The van der Waals surface area contributed by atoms with Crippen molar-refractivity contribution in [1.29, 1.82) is 0 Å². The topological polar surface area (TPSA) is 0 Å². The highest BCUT2D eigenvalue weighted by atomic mass is 127. The summed E-state index contributed by atoms with van der Waals surface area (Å²) in [6, 6.07) is 5.82. The third-order valence-corrected chi connectivity index (χ3v) is 17.3. The maximum absolute atomic E-state index is 7.29. The molecule has 0 amide bonds. The van der Waals surface area contributed by atoms with E-state index in [2.05, 4.69) is 22.6 Å². The Balaban J connectivity index is 1.79. The van der Waals surface area contributed by atoms with E-state index in [0.29, 0.717) is 0 Å². The van der Waals surface area contributed by atoms with Crippen molar-refractivity contribution in [2.75, 3.05) is 0 Å². The van der Waals surface area contributed by atoms with Crippen LogP contribution < -0.4 is 0 Å². The Labute approximate surface area is 263 Å². The maximum Gasteiger partial charge on any atom is 0.167 e. The quantitative estimate of drug-likeness (QED) is 0.181. The van der Waals surface area contributed by atoms with E-state index < -0.39 is 51.8 Å². The van der Waals surface area contributed by atoms with Crippen LogP contribution in [0.15, 0.2) is 38.3 Å². The van der Waals surface area contributed by atoms with Crippen LogP contribution >= 0.6 is 162 Å². The Morgan fingerprint density at radius 3 is 1.33 bits per heavy atom. The highest BCUT2D eigenvalue weighted by Gasteiger charge is 2.91. The zero-order chi connectivity index (χ0) is 24.5. The van der Waals surface area contributed by atoms with Gasteiger partial charge in [0.2, 0.25) is 0 Å². The smallest absolute Gasteiger partial charge is 0.109 e. The average molecular weight is 800 g/mol. The Bertz CT molecular complexity index is 1240. The van der Waals surface area contributed by atoms with Gasteiger partial charge in [0.25, 0.3) is 0 Å². The first kappa shape index (κ1) is 26.1. The van der Waals surface area contributed by atoms with Gasteiger partial charge in [-0.3, -0.25) is 0 Å². The normalized spacial score (nSPS) is 50.1. The van der Waals surface area contributed by atoms with Gasteiger partial charge in [-0.25, -0.2) is 0 Å². The molecule has 0 spiro atoms. The van der Waals surface area contributed by atoms with E-state index in [1.54, 1.807) is 0 Å². The Morgan fingerprint density at radius 2 is 0.909 bits per heavy atom. The molecule has 1 aromatic carbocycles. The molecule has 2 saturated carbocycles. The van der Waals surface area contributed by atoms with Crippen LogP contribution in [0.25, 0.3) is 0 Å². The molecule has 5 aliphatic rings. The number of halogens is 13. The van der Waals surface area contributed by atoms with Gasteiger partial charge in [-0.1, -0.05) is 98.9 Å². The number of hydrogen-bond acceptors (Lipinski definition) is 0. The number of hydrogen-bond donors (Lipinski definition) is 0. The first-order valence-electron chi connectivity index (χ1n) is 9.43. The highest BCUT2D eigenvalue weighted by molar-refractivity contribution is 14.1. The number of allylic oxidation sites excluding steroid dienone is 4. The van der Waals surface area contributed by atoms with Crippen molar-refractivity contribution in [3.05, 3.63) is 53.0 Å². The largest absolute Gasteiger partial charge is 0.167 e. The lowest BCUT2D eigenvalue weighted by Crippen LogP contribution is -2.53. The summed E-state index contributed by atoms with van der Waals surface area (Å²) in [7, 11) is 0. The highest BCUT2D eigenvalue weighted by Crippen LogP contribution is 2.88. The van der Waals surface area contributed by atoms with E-state index in [9.17, 15) is 0 Å². The van der Waals surface area contributed by atoms with Gasteiger partial charge in [0.15, 0.2) is 8.67 Å². The van der Waals surface area contributed by atoms with Crippen molar-refractivity contribution in [2.24, 2.45) is 11.8 Å². The minimum atomic E-state index is -1.81. The van der Waals surface area contributed by atoms with Crippen LogP contribution in [-0.4, -0.2) is 28.2 Å². The van der Waals surface area contributed by atoms with Gasteiger partial charge in [-0.15, -0.1) is 46.4 Å². The standard InChI is InChI=1S/C20H7Cl12I/c21-11-13(23)17(27)9-7(15(11,25)19(17,29)30)5-2-1-4(33)3-6(5)8-10(9)18(28)14(24)12(22)16(8,26)20(18,31)32/h1-3,7-10H/t7-,8+,9+,10-,15-,16+,17-,18+/m0/s1. The van der Waals surface area contributed by atoms with Crippen molar-refractivity contribution in [3.63, 3.8) is 0 Å². The lowest BCUT2D eigenvalue weighted by Gasteiger charge is -2.52. The third kappa shape index (κ3) is 2.31. The molecular weight excluding hydrogens is 793 g/mol. The van der Waals surface area contributed by atoms with Crippen LogP contribution in [0.2, 0.25) is 0 Å². The predicted molar refractivity (Wildman–Crippen MR) is 152 cm³/mol. The van der Waals surface area contributed by atoms with Gasteiger partial charge in [-0.05, 0) is 45.9 Å². The molecule has 0 unspecified atom stereocenters. The van der Waals surface area contributed by atoms with E-state index in [-0.39, 0.29) is 20.1 Å². The number of rotatable bonds is 0. The lowest BCUT2D eigenvalue weighted by molar-refractivity contribution is 0.201. The van der Waals surface area contributed by atoms with Gasteiger partial charge in [-0.2, -0.15) is 0 Å². The fraction of sp³-hybridized carbons (Fsp3) is 0.500. The molecule has 8 atom stereocenters. The molecule has 0 nitrogen and oxygen atoms in total. The van der Waals surface area contributed by atoms with Crippen LogP contribution in [0.3, 0.4) is 0 Å². The van der Waals surface area contributed by atoms with E-state index in [4.69, 9.17) is 139 Å². The Kier molecular flexibility index (Phi) is 5.67. The van der Waals surface area contributed by atoms with Gasteiger partial charge in [0.05, 0.1) is 20.1 Å². The zero-order valence-corrected chi connectivity index (χ0v) is 26.7. The molecule has 0 N–H and O–H groups in total. The second kappa shape index (κ2) is 7.15. The minimum absolute atomic E-state index is 0.0485. The van der Waals surface area contributed by atoms with Crippen molar-refractivity contribution in [3.8, 4) is 0 Å². The van der Waals surface area contributed by atoms with Crippen molar-refractivity contribution in [1.82, 2.24) is 0 Å². The first-order chi connectivity index (χ1) is 15.0. The van der Waals surface area contributed by atoms with Gasteiger partial charge in [0, 0.05) is 27.2 Å². The Hall–Kier alpha value is 2.91. The van der Waals surface area contributed by atoms with Crippen molar-refractivity contribution < 1.29 is 0 Å². The average Bonchev–Trinajstić information content (AvgIpc) is 3.08. The summed E-state index contributed by atoms with van der Waals surface area (Å²) in [6.07, 6.45) is 0. The van der Waals surface area contributed by atoms with Crippen LogP contribution in [0.1, 0.15) is 23.0 Å². The molecule has 4 bridgehead atoms. The fourth-order valence-electron chi connectivity index (χ4n) is 6.87. The molecule has 5 aliphatic carbocycles. The van der Waals surface area contributed by atoms with Crippen LogP contribution in [0, 0.1) is 15.4 Å². The molecule has 0 radical (unpaired) electrons. The Morgan fingerprint density at radius 1 is 0.545 bits per heavy atom. The van der Waals surface area contributed by atoms with E-state index in [0.717, 1.165) is 14.7 Å². The molecule has 0 aliphatic heterocycles. The summed E-state index contributed by atoms with van der Waals surface area (Å²) in [5, 5.41) is 0.274. The summed E-state index contributed by atoms with van der Waals surface area (Å²) < 4.78 is -2.68. The van der Waals surface area contributed by atoms with E-state index in [1.165, 1.54) is 0 Å². The molecule has 6 rings (SSSR count). The number of fused-ring (bicyclic) bond motifs is 14. The first-order valence-corrected chi connectivity index (χ1v) is 15.0. The van der Waals surface area contributed by atoms with Crippen LogP contribution in [-0.2, 0) is 0 Å². The zero-order valence-electron chi connectivity index (χ0n) is 15.5. The van der Waals surface area contributed by atoms with Crippen LogP contribution in [0.5, 0.6) is 0 Å². The fourth-order valence-corrected chi connectivity index (χ4v) is 13.4. The van der Waals surface area contributed by atoms with Gasteiger partial charge in [0.1, 0.15) is 19.5 Å². The molecular formula is C20H7Cl12I. The molecule has 0 heterocycles. The van der Waals surface area contributed by atoms with Gasteiger partial charge >= 0.3 is 0 Å². The number of alkyl halides is 8. The SMILES string of the molecule is ClC1=C(Cl)[C@@]2(Cl)[C@H]3c4ccc(I)cc4[C@@H]4[C@@H]([C@@H]3[C@@]1(Cl)C2(Cl)Cl)[C@@]1(Cl)C(Cl)=C(Cl)[C@@]4(Cl)C1(Cl)Cl. The molecule has 2 fully saturated rings. The third-order valence-electron chi connectivity index (χ3n) is 8.09. The lowest BCUT2D eigenvalue weighted by atomic mass is 9.57. The number of benzene rings is 1. The molecule has 13 heteroatoms. The predicted octanol–water partition coefficient (Wildman–Crippen LogP) is 10.4. The van der Waals surface area contributed by atoms with Gasteiger partial charge < -0.3 is 0 Å². The van der Waals surface area contributed by atoms with Crippen LogP contribution in [0.4, 0.5) is 0 Å². The molecule has 1 aromatic rings. The molecule has 0 saturated heterocycles. The maximum atomic E-state index is 7.29. The summed E-state index contributed by atoms with van der Waals surface area (Å²) in [4.78, 5) is -6.36. The second-order valence-corrected chi connectivity index (χ2v) is 16.8. The van der Waals surface area contributed by atoms with Crippen molar-refractivity contribution >= 4 is 162 Å². The van der Waals surface area contributed by atoms with E-state index in [1.807, 2.05) is 18.2 Å². The minimum Gasteiger partial charge on any atom is -0.109 e. The monoisotopic (exact) mass is 794 g/mol. The molecule has 0 aromatic heterocycles. The van der Waals surface area contributed by atoms with Crippen molar-refractivity contribution in [2.45, 2.75) is 40.0 Å². The molecule has 33 heavy (non-hydrogen) atoms. The summed E-state index contributed by atoms with van der Waals surface area (Å²) in [5.41, 5.74) is 1.60. The van der Waals surface area contributed by atoms with E-state index >= 15 is 0 Å².